The van der Waals surface area contributed by atoms with Gasteiger partial charge >= 0.3 is 0 Å². The van der Waals surface area contributed by atoms with Crippen molar-refractivity contribution in [1.29, 1.82) is 0 Å². The van der Waals surface area contributed by atoms with E-state index < -0.39 is 10.7 Å². The molecule has 0 bridgehead atoms. The van der Waals surface area contributed by atoms with Gasteiger partial charge in [0.25, 0.3) is 5.91 Å². The smallest absolute Gasteiger partial charge is 0.259 e. The quantitative estimate of drug-likeness (QED) is 0.875. The van der Waals surface area contributed by atoms with E-state index in [0.717, 1.165) is 10.4 Å². The molecule has 0 radical (unpaired) electrons. The van der Waals surface area contributed by atoms with E-state index in [9.17, 15) is 9.18 Å². The summed E-state index contributed by atoms with van der Waals surface area (Å²) in [4.78, 5) is 15.1. The highest BCUT2D eigenvalue weighted by molar-refractivity contribution is 7.15. The Morgan fingerprint density at radius 1 is 1.37 bits per heavy atom. The minimum Gasteiger partial charge on any atom is -0.300 e. The van der Waals surface area contributed by atoms with Gasteiger partial charge in [0, 0.05) is 17.5 Å². The average molecular weight is 319 g/mol. The second kappa shape index (κ2) is 6.32. The van der Waals surface area contributed by atoms with Gasteiger partial charge in [-0.25, -0.2) is 9.37 Å². The summed E-state index contributed by atoms with van der Waals surface area (Å²) >= 11 is 12.2. The molecule has 1 aromatic heterocycles. The van der Waals surface area contributed by atoms with Gasteiger partial charge in [-0.15, -0.1) is 11.3 Å². The molecular weight excluding hydrogens is 310 g/mol. The predicted molar refractivity (Wildman–Crippen MR) is 75.4 cm³/mol. The number of hydrogen-bond donors (Lipinski definition) is 1. The van der Waals surface area contributed by atoms with Crippen molar-refractivity contribution >= 4 is 45.6 Å². The molecule has 7 heteroatoms. The number of carbonyl (C=O) groups excluding carboxylic acids is 1. The van der Waals surface area contributed by atoms with Crippen LogP contribution >= 0.6 is 34.5 Å². The number of amides is 1. The Balaban J connectivity index is 2.01. The van der Waals surface area contributed by atoms with E-state index in [-0.39, 0.29) is 5.82 Å². The van der Waals surface area contributed by atoms with Crippen LogP contribution in [0.15, 0.2) is 30.5 Å². The molecule has 3 nitrogen and oxygen atoms in total. The topological polar surface area (TPSA) is 42.0 Å². The van der Waals surface area contributed by atoms with E-state index in [1.165, 1.54) is 23.5 Å². The second-order valence-corrected chi connectivity index (χ2v) is 5.94. The highest BCUT2D eigenvalue weighted by atomic mass is 35.5. The average Bonchev–Trinajstić information content (AvgIpc) is 2.79. The number of thiazole rings is 1. The van der Waals surface area contributed by atoms with Crippen molar-refractivity contribution in [2.75, 3.05) is 5.32 Å². The summed E-state index contributed by atoms with van der Waals surface area (Å²) in [6.45, 7) is 0. The maximum atomic E-state index is 12.8. The summed E-state index contributed by atoms with van der Waals surface area (Å²) in [5, 5.41) is 2.94. The normalized spacial score (nSPS) is 10.7. The number of alkyl halides is 2. The Morgan fingerprint density at radius 2 is 2.05 bits per heavy atom. The standard InChI is InChI=1S/C12H9Cl2FN2OS/c13-10(14)11(18)17-12-16-6-9(19-12)5-7-1-3-8(15)4-2-7/h1-4,6,10H,5H2,(H,16,17,18). The zero-order valence-electron chi connectivity index (χ0n) is 9.57. The number of anilines is 1. The number of nitrogens with one attached hydrogen (secondary N) is 1. The molecular formula is C12H9Cl2FN2OS. The van der Waals surface area contributed by atoms with Crippen molar-refractivity contribution < 1.29 is 9.18 Å². The van der Waals surface area contributed by atoms with E-state index in [2.05, 4.69) is 10.3 Å². The molecule has 0 fully saturated rings. The van der Waals surface area contributed by atoms with Gasteiger partial charge in [-0.1, -0.05) is 35.3 Å². The Bertz CT molecular complexity index is 571. The maximum absolute atomic E-state index is 12.8. The van der Waals surface area contributed by atoms with Crippen molar-refractivity contribution in [2.24, 2.45) is 0 Å². The Kier molecular flexibility index (Phi) is 4.74. The third kappa shape index (κ3) is 4.16. The van der Waals surface area contributed by atoms with Crippen molar-refractivity contribution in [3.05, 3.63) is 46.7 Å². The zero-order valence-corrected chi connectivity index (χ0v) is 11.9. The number of carbonyl (C=O) groups is 1. The van der Waals surface area contributed by atoms with Crippen LogP contribution in [-0.2, 0) is 11.2 Å². The van der Waals surface area contributed by atoms with Crippen LogP contribution in [0.1, 0.15) is 10.4 Å². The van der Waals surface area contributed by atoms with Gasteiger partial charge in [0.2, 0.25) is 0 Å². The van der Waals surface area contributed by atoms with Gasteiger partial charge in [-0.2, -0.15) is 0 Å². The third-order valence-corrected chi connectivity index (χ3v) is 3.58. The van der Waals surface area contributed by atoms with Crippen LogP contribution in [0, 0.1) is 5.82 Å². The Labute approximate surface area is 123 Å². The van der Waals surface area contributed by atoms with Crippen LogP contribution in [0.2, 0.25) is 0 Å². The molecule has 0 atom stereocenters. The number of nitrogens with zero attached hydrogens (tertiary/aromatic N) is 1. The van der Waals surface area contributed by atoms with Crippen molar-refractivity contribution in [1.82, 2.24) is 4.98 Å². The summed E-state index contributed by atoms with van der Waals surface area (Å²) in [5.41, 5.74) is 0.968. The molecule has 0 aliphatic carbocycles. The molecule has 0 spiro atoms. The first-order valence-electron chi connectivity index (χ1n) is 5.33. The van der Waals surface area contributed by atoms with E-state index in [1.54, 1.807) is 18.3 Å². The number of hydrogen-bond acceptors (Lipinski definition) is 3. The van der Waals surface area contributed by atoms with Gasteiger partial charge in [-0.05, 0) is 17.7 Å². The fourth-order valence-corrected chi connectivity index (χ4v) is 2.37. The highest BCUT2D eigenvalue weighted by Gasteiger charge is 2.13. The summed E-state index contributed by atoms with van der Waals surface area (Å²) in [7, 11) is 0. The first kappa shape index (κ1) is 14.2. The van der Waals surface area contributed by atoms with Gasteiger partial charge in [0.1, 0.15) is 5.82 Å². The number of halogens is 3. The van der Waals surface area contributed by atoms with Gasteiger partial charge in [0.05, 0.1) is 0 Å². The largest absolute Gasteiger partial charge is 0.300 e. The lowest BCUT2D eigenvalue weighted by Crippen LogP contribution is -2.18. The van der Waals surface area contributed by atoms with Crippen LogP contribution < -0.4 is 5.32 Å². The van der Waals surface area contributed by atoms with Crippen LogP contribution in [0.5, 0.6) is 0 Å². The molecule has 0 saturated carbocycles. The first-order chi connectivity index (χ1) is 9.04. The monoisotopic (exact) mass is 318 g/mol. The molecule has 1 aromatic carbocycles. The van der Waals surface area contributed by atoms with E-state index >= 15 is 0 Å². The fourth-order valence-electron chi connectivity index (χ4n) is 1.41. The van der Waals surface area contributed by atoms with Crippen molar-refractivity contribution in [3.63, 3.8) is 0 Å². The molecule has 0 aliphatic heterocycles. The van der Waals surface area contributed by atoms with Crippen LogP contribution in [0.3, 0.4) is 0 Å². The Hall–Kier alpha value is -1.17. The minimum atomic E-state index is -1.12. The summed E-state index contributed by atoms with van der Waals surface area (Å²) in [6.07, 6.45) is 2.28. The maximum Gasteiger partial charge on any atom is 0.259 e. The molecule has 0 aliphatic rings. The lowest BCUT2D eigenvalue weighted by molar-refractivity contribution is -0.114. The Morgan fingerprint density at radius 3 is 2.68 bits per heavy atom. The van der Waals surface area contributed by atoms with E-state index in [1.807, 2.05) is 0 Å². The fraction of sp³-hybridized carbons (Fsp3) is 0.167. The molecule has 1 heterocycles. The predicted octanol–water partition coefficient (Wildman–Crippen LogP) is 3.62. The summed E-state index contributed by atoms with van der Waals surface area (Å²) < 4.78 is 12.8. The van der Waals surface area contributed by atoms with Crippen molar-refractivity contribution in [2.45, 2.75) is 11.3 Å². The van der Waals surface area contributed by atoms with Gasteiger partial charge in [-0.3, -0.25) is 10.1 Å². The molecule has 2 aromatic rings. The number of rotatable bonds is 4. The van der Waals surface area contributed by atoms with Crippen LogP contribution in [0.25, 0.3) is 0 Å². The van der Waals surface area contributed by atoms with Gasteiger partial charge < -0.3 is 0 Å². The molecule has 0 unspecified atom stereocenters. The molecule has 100 valence electrons. The lowest BCUT2D eigenvalue weighted by Gasteiger charge is -2.00. The number of aromatic nitrogens is 1. The first-order valence-corrected chi connectivity index (χ1v) is 7.01. The van der Waals surface area contributed by atoms with E-state index in [0.29, 0.717) is 11.6 Å². The summed E-state index contributed by atoms with van der Waals surface area (Å²) in [6, 6.07) is 6.23. The molecule has 1 amide bonds. The molecule has 1 N–H and O–H groups in total. The van der Waals surface area contributed by atoms with Crippen LogP contribution in [0.4, 0.5) is 9.52 Å². The molecule has 19 heavy (non-hydrogen) atoms. The third-order valence-electron chi connectivity index (χ3n) is 2.27. The SMILES string of the molecule is O=C(Nc1ncc(Cc2ccc(F)cc2)s1)C(Cl)Cl. The molecule has 2 rings (SSSR count). The van der Waals surface area contributed by atoms with Gasteiger partial charge in [0.15, 0.2) is 9.97 Å². The van der Waals surface area contributed by atoms with Crippen LogP contribution in [-0.4, -0.2) is 15.7 Å². The molecule has 0 saturated heterocycles. The van der Waals surface area contributed by atoms with E-state index in [4.69, 9.17) is 23.2 Å². The zero-order chi connectivity index (χ0) is 13.8. The number of benzene rings is 1. The summed E-state index contributed by atoms with van der Waals surface area (Å²) in [5.74, 6) is -0.776. The highest BCUT2D eigenvalue weighted by Crippen LogP contribution is 2.22. The van der Waals surface area contributed by atoms with Crippen molar-refractivity contribution in [3.8, 4) is 0 Å². The lowest BCUT2D eigenvalue weighted by atomic mass is 10.1. The minimum absolute atomic E-state index is 0.267. The second-order valence-electron chi connectivity index (χ2n) is 3.72.